The zero-order valence-corrected chi connectivity index (χ0v) is 14.2. The average Bonchev–Trinajstić information content (AvgIpc) is 2.64. The van der Waals surface area contributed by atoms with Gasteiger partial charge >= 0.3 is 0 Å². The molecule has 112 valence electrons. The predicted molar refractivity (Wildman–Crippen MR) is 88.8 cm³/mol. The molecule has 1 aromatic rings. The Morgan fingerprint density at radius 3 is 2.95 bits per heavy atom. The molecule has 20 heavy (non-hydrogen) atoms. The highest BCUT2D eigenvalue weighted by Crippen LogP contribution is 2.30. The van der Waals surface area contributed by atoms with E-state index in [2.05, 4.69) is 58.2 Å². The number of nitrogens with one attached hydrogen (secondary N) is 1. The number of anilines is 1. The van der Waals surface area contributed by atoms with Crippen molar-refractivity contribution in [2.24, 2.45) is 5.92 Å². The fourth-order valence-corrected chi connectivity index (χ4v) is 3.21. The molecule has 1 heterocycles. The highest BCUT2D eigenvalue weighted by Gasteiger charge is 2.19. The fraction of sp³-hybridized carbons (Fsp3) is 0.625. The summed E-state index contributed by atoms with van der Waals surface area (Å²) < 4.78 is 6.42. The number of benzene rings is 1. The lowest BCUT2D eigenvalue weighted by molar-refractivity contribution is 0.411. The molecule has 1 N–H and O–H groups in total. The number of nitrogens with zero attached hydrogens (tertiary/aromatic N) is 1. The largest absolute Gasteiger partial charge is 0.495 e. The molecular formula is C16H25BrN2O. The van der Waals surface area contributed by atoms with E-state index in [1.165, 1.54) is 18.5 Å². The highest BCUT2D eigenvalue weighted by molar-refractivity contribution is 9.10. The molecule has 1 atom stereocenters. The summed E-state index contributed by atoms with van der Waals surface area (Å²) in [5.74, 6) is 1.63. The summed E-state index contributed by atoms with van der Waals surface area (Å²) in [6.45, 7) is 7.87. The van der Waals surface area contributed by atoms with Gasteiger partial charge in [0, 0.05) is 30.9 Å². The Hall–Kier alpha value is -0.740. The zero-order chi connectivity index (χ0) is 14.5. The molecule has 1 aromatic carbocycles. The van der Waals surface area contributed by atoms with Crippen molar-refractivity contribution in [2.75, 3.05) is 31.6 Å². The van der Waals surface area contributed by atoms with Gasteiger partial charge in [-0.2, -0.15) is 0 Å². The van der Waals surface area contributed by atoms with E-state index in [0.29, 0.717) is 6.04 Å². The van der Waals surface area contributed by atoms with E-state index in [1.54, 1.807) is 7.11 Å². The molecule has 0 saturated carbocycles. The van der Waals surface area contributed by atoms with E-state index < -0.39 is 0 Å². The molecule has 0 aliphatic carbocycles. The van der Waals surface area contributed by atoms with Crippen LogP contribution in [0.2, 0.25) is 0 Å². The van der Waals surface area contributed by atoms with Gasteiger partial charge in [0.2, 0.25) is 0 Å². The fourth-order valence-electron chi connectivity index (χ4n) is 2.80. The molecule has 0 radical (unpaired) electrons. The van der Waals surface area contributed by atoms with Crippen molar-refractivity contribution in [1.82, 2.24) is 5.32 Å². The van der Waals surface area contributed by atoms with Crippen LogP contribution in [0.3, 0.4) is 0 Å². The van der Waals surface area contributed by atoms with Gasteiger partial charge in [0.05, 0.1) is 11.6 Å². The summed E-state index contributed by atoms with van der Waals surface area (Å²) in [5.41, 5.74) is 1.25. The molecule has 4 heteroatoms. The van der Waals surface area contributed by atoms with Crippen molar-refractivity contribution < 1.29 is 4.74 Å². The second kappa shape index (κ2) is 7.32. The molecule has 3 nitrogen and oxygen atoms in total. The maximum absolute atomic E-state index is 5.41. The molecule has 1 aliphatic rings. The van der Waals surface area contributed by atoms with Crippen LogP contribution in [0.5, 0.6) is 5.75 Å². The Kier molecular flexibility index (Phi) is 5.73. The molecule has 2 rings (SSSR count). The zero-order valence-electron chi connectivity index (χ0n) is 12.7. The first-order valence-electron chi connectivity index (χ1n) is 7.42. The Morgan fingerprint density at radius 2 is 2.25 bits per heavy atom. The van der Waals surface area contributed by atoms with Gasteiger partial charge in [0.15, 0.2) is 0 Å². The normalized spacial score (nSPS) is 20.1. The molecule has 0 bridgehead atoms. The molecule has 0 amide bonds. The maximum Gasteiger partial charge on any atom is 0.135 e. The van der Waals surface area contributed by atoms with Gasteiger partial charge in [-0.3, -0.25) is 0 Å². The van der Waals surface area contributed by atoms with E-state index in [1.807, 2.05) is 0 Å². The number of rotatable bonds is 4. The monoisotopic (exact) mass is 340 g/mol. The van der Waals surface area contributed by atoms with Crippen molar-refractivity contribution in [3.63, 3.8) is 0 Å². The quantitative estimate of drug-likeness (QED) is 0.904. The standard InChI is InChI=1S/C16H25BrN2O/c1-12(2)9-13-11-19(8-4-7-18-13)14-5-6-15(17)16(10-14)20-3/h5-6,10,12-13,18H,4,7-9,11H2,1-3H3. The minimum Gasteiger partial charge on any atom is -0.495 e. The molecule has 1 fully saturated rings. The summed E-state index contributed by atoms with van der Waals surface area (Å²) in [6, 6.07) is 6.95. The van der Waals surface area contributed by atoms with E-state index in [-0.39, 0.29) is 0 Å². The third-order valence-corrected chi connectivity index (χ3v) is 4.39. The third-order valence-electron chi connectivity index (χ3n) is 3.73. The first kappa shape index (κ1) is 15.6. The highest BCUT2D eigenvalue weighted by atomic mass is 79.9. The summed E-state index contributed by atoms with van der Waals surface area (Å²) >= 11 is 3.52. The van der Waals surface area contributed by atoms with Crippen molar-refractivity contribution in [2.45, 2.75) is 32.7 Å². The average molecular weight is 341 g/mol. The van der Waals surface area contributed by atoms with Crippen molar-refractivity contribution in [3.8, 4) is 5.75 Å². The summed E-state index contributed by atoms with van der Waals surface area (Å²) in [7, 11) is 1.72. The second-order valence-corrected chi connectivity index (χ2v) is 6.75. The summed E-state index contributed by atoms with van der Waals surface area (Å²) in [6.07, 6.45) is 2.41. The van der Waals surface area contributed by atoms with Gasteiger partial charge < -0.3 is 15.0 Å². The Balaban J connectivity index is 2.13. The van der Waals surface area contributed by atoms with Crippen LogP contribution in [-0.4, -0.2) is 32.8 Å². The lowest BCUT2D eigenvalue weighted by Gasteiger charge is -2.27. The first-order chi connectivity index (χ1) is 9.60. The minimum atomic E-state index is 0.576. The van der Waals surface area contributed by atoms with Gasteiger partial charge in [0.1, 0.15) is 5.75 Å². The van der Waals surface area contributed by atoms with Gasteiger partial charge in [-0.15, -0.1) is 0 Å². The topological polar surface area (TPSA) is 24.5 Å². The third kappa shape index (κ3) is 4.13. The maximum atomic E-state index is 5.41. The molecule has 0 spiro atoms. The smallest absolute Gasteiger partial charge is 0.135 e. The van der Waals surface area contributed by atoms with Gasteiger partial charge in [-0.25, -0.2) is 0 Å². The SMILES string of the molecule is COc1cc(N2CCCNC(CC(C)C)C2)ccc1Br. The van der Waals surface area contributed by atoms with Crippen LogP contribution in [0.1, 0.15) is 26.7 Å². The summed E-state index contributed by atoms with van der Waals surface area (Å²) in [4.78, 5) is 2.47. The van der Waals surface area contributed by atoms with E-state index >= 15 is 0 Å². The van der Waals surface area contributed by atoms with Crippen LogP contribution < -0.4 is 15.0 Å². The number of halogens is 1. The first-order valence-corrected chi connectivity index (χ1v) is 8.21. The van der Waals surface area contributed by atoms with Crippen molar-refractivity contribution in [1.29, 1.82) is 0 Å². The van der Waals surface area contributed by atoms with Gasteiger partial charge in [0.25, 0.3) is 0 Å². The van der Waals surface area contributed by atoms with Crippen LogP contribution >= 0.6 is 15.9 Å². The number of hydrogen-bond acceptors (Lipinski definition) is 3. The molecule has 1 unspecified atom stereocenters. The van der Waals surface area contributed by atoms with Crippen LogP contribution in [-0.2, 0) is 0 Å². The molecular weight excluding hydrogens is 316 g/mol. The lowest BCUT2D eigenvalue weighted by Crippen LogP contribution is -2.38. The van der Waals surface area contributed by atoms with E-state index in [9.17, 15) is 0 Å². The van der Waals surface area contributed by atoms with Crippen molar-refractivity contribution in [3.05, 3.63) is 22.7 Å². The molecule has 1 aliphatic heterocycles. The molecule has 1 saturated heterocycles. The van der Waals surface area contributed by atoms with E-state index in [4.69, 9.17) is 4.74 Å². The predicted octanol–water partition coefficient (Wildman–Crippen LogP) is 3.67. The van der Waals surface area contributed by atoms with Gasteiger partial charge in [-0.1, -0.05) is 13.8 Å². The number of methoxy groups -OCH3 is 1. The van der Waals surface area contributed by atoms with Crippen LogP contribution in [0.15, 0.2) is 22.7 Å². The van der Waals surface area contributed by atoms with E-state index in [0.717, 1.165) is 35.8 Å². The van der Waals surface area contributed by atoms with Gasteiger partial charge in [-0.05, 0) is 53.4 Å². The van der Waals surface area contributed by atoms with Crippen LogP contribution in [0.25, 0.3) is 0 Å². The second-order valence-electron chi connectivity index (χ2n) is 5.90. The minimum absolute atomic E-state index is 0.576. The van der Waals surface area contributed by atoms with Crippen LogP contribution in [0.4, 0.5) is 5.69 Å². The lowest BCUT2D eigenvalue weighted by atomic mass is 10.0. The molecule has 0 aromatic heterocycles. The van der Waals surface area contributed by atoms with Crippen LogP contribution in [0, 0.1) is 5.92 Å². The summed E-state index contributed by atoms with van der Waals surface area (Å²) in [5, 5.41) is 3.67. The van der Waals surface area contributed by atoms with Crippen molar-refractivity contribution >= 4 is 21.6 Å². The number of ether oxygens (including phenoxy) is 1. The Morgan fingerprint density at radius 1 is 1.45 bits per heavy atom. The number of hydrogen-bond donors (Lipinski definition) is 1. The Labute approximate surface area is 130 Å². The Bertz CT molecular complexity index is 436.